The van der Waals surface area contributed by atoms with Crippen LogP contribution in [0, 0.1) is 0 Å². The Morgan fingerprint density at radius 2 is 1.62 bits per heavy atom. The Morgan fingerprint density at radius 3 is 2.27 bits per heavy atom. The first-order valence-electron chi connectivity index (χ1n) is 8.52. The maximum atomic E-state index is 12.3. The third-order valence-corrected chi connectivity index (χ3v) is 4.22. The first kappa shape index (κ1) is 19.9. The van der Waals surface area contributed by atoms with Crippen molar-refractivity contribution in [3.8, 4) is 0 Å². The van der Waals surface area contributed by atoms with Gasteiger partial charge in [-0.25, -0.2) is 0 Å². The molecule has 2 aromatic rings. The van der Waals surface area contributed by atoms with Gasteiger partial charge < -0.3 is 15.5 Å². The molecule has 0 aromatic heterocycles. The Hall–Kier alpha value is -2.37. The molecule has 0 aliphatic heterocycles. The number of halogens is 1. The largest absolute Gasteiger partial charge is 0.352 e. The maximum Gasteiger partial charge on any atom is 0.251 e. The minimum absolute atomic E-state index is 0.176. The summed E-state index contributed by atoms with van der Waals surface area (Å²) >= 11 is 6.09. The molecule has 0 aliphatic rings. The van der Waals surface area contributed by atoms with E-state index in [2.05, 4.69) is 15.5 Å². The number of benzene rings is 2. The van der Waals surface area contributed by atoms with E-state index in [0.717, 1.165) is 18.5 Å². The lowest BCUT2D eigenvalue weighted by Crippen LogP contribution is -2.28. The van der Waals surface area contributed by atoms with E-state index in [0.29, 0.717) is 29.2 Å². The molecule has 0 radical (unpaired) electrons. The van der Waals surface area contributed by atoms with Gasteiger partial charge in [-0.15, -0.1) is 0 Å². The molecule has 0 heterocycles. The smallest absolute Gasteiger partial charge is 0.251 e. The van der Waals surface area contributed by atoms with E-state index < -0.39 is 0 Å². The van der Waals surface area contributed by atoms with Crippen LogP contribution < -0.4 is 10.6 Å². The van der Waals surface area contributed by atoms with Crippen LogP contribution in [0.1, 0.15) is 32.7 Å². The van der Waals surface area contributed by atoms with Crippen LogP contribution in [0.15, 0.2) is 48.5 Å². The first-order chi connectivity index (χ1) is 12.5. The van der Waals surface area contributed by atoms with E-state index in [1.54, 1.807) is 30.3 Å². The molecular formula is C20H24ClN3O2. The molecule has 0 saturated carbocycles. The molecule has 0 atom stereocenters. The number of nitrogens with one attached hydrogen (secondary N) is 2. The predicted molar refractivity (Wildman–Crippen MR) is 105 cm³/mol. The molecule has 0 aliphatic carbocycles. The number of carbonyl (C=O) groups is 2. The second-order valence-corrected chi connectivity index (χ2v) is 6.67. The molecule has 5 nitrogen and oxygen atoms in total. The van der Waals surface area contributed by atoms with Crippen LogP contribution in [0.4, 0.5) is 0 Å². The van der Waals surface area contributed by atoms with Crippen molar-refractivity contribution >= 4 is 23.4 Å². The van der Waals surface area contributed by atoms with E-state index in [1.165, 1.54) is 0 Å². The van der Waals surface area contributed by atoms with E-state index >= 15 is 0 Å². The highest BCUT2D eigenvalue weighted by molar-refractivity contribution is 6.31. The summed E-state index contributed by atoms with van der Waals surface area (Å²) in [5.74, 6) is -0.420. The Labute approximate surface area is 159 Å². The van der Waals surface area contributed by atoms with Crippen LogP contribution in [0.2, 0.25) is 5.02 Å². The third kappa shape index (κ3) is 6.17. The second-order valence-electron chi connectivity index (χ2n) is 6.27. The molecule has 0 unspecified atom stereocenters. The van der Waals surface area contributed by atoms with Crippen molar-refractivity contribution in [3.05, 3.63) is 70.2 Å². The van der Waals surface area contributed by atoms with Gasteiger partial charge in [0.2, 0.25) is 0 Å². The lowest BCUT2D eigenvalue weighted by molar-refractivity contribution is 0.0950. The molecule has 138 valence electrons. The van der Waals surface area contributed by atoms with E-state index in [-0.39, 0.29) is 11.8 Å². The van der Waals surface area contributed by atoms with Crippen molar-refractivity contribution < 1.29 is 9.59 Å². The fourth-order valence-electron chi connectivity index (χ4n) is 2.42. The predicted octanol–water partition coefficient (Wildman–Crippen LogP) is 2.95. The minimum Gasteiger partial charge on any atom is -0.352 e. The van der Waals surface area contributed by atoms with Crippen molar-refractivity contribution in [3.63, 3.8) is 0 Å². The van der Waals surface area contributed by atoms with Crippen molar-refractivity contribution in [2.45, 2.75) is 13.0 Å². The topological polar surface area (TPSA) is 61.4 Å². The Balaban J connectivity index is 1.92. The van der Waals surface area contributed by atoms with Crippen LogP contribution in [-0.2, 0) is 6.54 Å². The van der Waals surface area contributed by atoms with Crippen molar-refractivity contribution in [1.82, 2.24) is 15.5 Å². The lowest BCUT2D eigenvalue weighted by atomic mass is 10.1. The van der Waals surface area contributed by atoms with Gasteiger partial charge in [0.05, 0.1) is 0 Å². The molecule has 2 amide bonds. The molecule has 0 spiro atoms. The second kappa shape index (κ2) is 9.94. The van der Waals surface area contributed by atoms with E-state index in [4.69, 9.17) is 11.6 Å². The van der Waals surface area contributed by atoms with Crippen LogP contribution >= 0.6 is 11.6 Å². The van der Waals surface area contributed by atoms with E-state index in [9.17, 15) is 9.59 Å². The van der Waals surface area contributed by atoms with E-state index in [1.807, 2.05) is 32.3 Å². The molecular weight excluding hydrogens is 350 g/mol. The average Bonchev–Trinajstić information content (AvgIpc) is 2.64. The van der Waals surface area contributed by atoms with Gasteiger partial charge in [0.1, 0.15) is 0 Å². The number of rotatable bonds is 8. The van der Waals surface area contributed by atoms with Gasteiger partial charge in [0, 0.05) is 29.2 Å². The molecule has 26 heavy (non-hydrogen) atoms. The summed E-state index contributed by atoms with van der Waals surface area (Å²) in [7, 11) is 3.99. The summed E-state index contributed by atoms with van der Waals surface area (Å²) in [4.78, 5) is 26.6. The summed E-state index contributed by atoms with van der Waals surface area (Å²) < 4.78 is 0. The Bertz CT molecular complexity index is 762. The number of hydrogen-bond donors (Lipinski definition) is 2. The zero-order chi connectivity index (χ0) is 18.9. The fourth-order valence-corrected chi connectivity index (χ4v) is 2.62. The van der Waals surface area contributed by atoms with Gasteiger partial charge in [0.25, 0.3) is 11.8 Å². The molecule has 2 rings (SSSR count). The number of carbonyl (C=O) groups excluding carboxylic acids is 2. The molecule has 2 N–H and O–H groups in total. The summed E-state index contributed by atoms with van der Waals surface area (Å²) in [5, 5.41) is 6.31. The third-order valence-electron chi connectivity index (χ3n) is 3.85. The zero-order valence-corrected chi connectivity index (χ0v) is 15.8. The zero-order valence-electron chi connectivity index (χ0n) is 15.1. The van der Waals surface area contributed by atoms with Crippen molar-refractivity contribution in [1.29, 1.82) is 0 Å². The standard InChI is InChI=1S/C20H24ClN3O2/c1-24(2)12-6-11-22-19(25)15-8-5-9-16(13-15)20(26)23-14-17-7-3-4-10-18(17)21/h3-5,7-10,13H,6,11-12,14H2,1-2H3,(H,22,25)(H,23,26). The monoisotopic (exact) mass is 373 g/mol. The van der Waals surface area contributed by atoms with Crippen LogP contribution in [0.5, 0.6) is 0 Å². The Kier molecular flexibility index (Phi) is 7.63. The fraction of sp³-hybridized carbons (Fsp3) is 0.300. The Morgan fingerprint density at radius 1 is 0.962 bits per heavy atom. The van der Waals surface area contributed by atoms with Crippen LogP contribution in [-0.4, -0.2) is 43.9 Å². The van der Waals surface area contributed by atoms with Crippen molar-refractivity contribution in [2.24, 2.45) is 0 Å². The van der Waals surface area contributed by atoms with Gasteiger partial charge in [-0.1, -0.05) is 35.9 Å². The highest BCUT2D eigenvalue weighted by Gasteiger charge is 2.11. The van der Waals surface area contributed by atoms with Gasteiger partial charge in [-0.05, 0) is 56.9 Å². The van der Waals surface area contributed by atoms with Crippen molar-refractivity contribution in [2.75, 3.05) is 27.2 Å². The summed E-state index contributed by atoms with van der Waals surface area (Å²) in [6, 6.07) is 14.0. The number of hydrogen-bond acceptors (Lipinski definition) is 3. The minimum atomic E-state index is -0.243. The van der Waals surface area contributed by atoms with Crippen LogP contribution in [0.3, 0.4) is 0 Å². The maximum absolute atomic E-state index is 12.3. The normalized spacial score (nSPS) is 10.6. The van der Waals surface area contributed by atoms with Gasteiger partial charge in [0.15, 0.2) is 0 Å². The van der Waals surface area contributed by atoms with Gasteiger partial charge in [-0.2, -0.15) is 0 Å². The first-order valence-corrected chi connectivity index (χ1v) is 8.90. The molecule has 0 fully saturated rings. The summed E-state index contributed by atoms with van der Waals surface area (Å²) in [5.41, 5.74) is 1.76. The highest BCUT2D eigenvalue weighted by atomic mass is 35.5. The number of nitrogens with zero attached hydrogens (tertiary/aromatic N) is 1. The lowest BCUT2D eigenvalue weighted by Gasteiger charge is -2.11. The average molecular weight is 374 g/mol. The number of amides is 2. The van der Waals surface area contributed by atoms with Crippen LogP contribution in [0.25, 0.3) is 0 Å². The summed E-state index contributed by atoms with van der Waals surface area (Å²) in [6.07, 6.45) is 0.872. The molecule has 0 bridgehead atoms. The summed E-state index contributed by atoms with van der Waals surface area (Å²) in [6.45, 7) is 1.84. The van der Waals surface area contributed by atoms with Gasteiger partial charge >= 0.3 is 0 Å². The molecule has 6 heteroatoms. The molecule has 0 saturated heterocycles. The SMILES string of the molecule is CN(C)CCCNC(=O)c1cccc(C(=O)NCc2ccccc2Cl)c1. The van der Waals surface area contributed by atoms with Gasteiger partial charge in [-0.3, -0.25) is 9.59 Å². The highest BCUT2D eigenvalue weighted by Crippen LogP contribution is 2.14. The molecule has 2 aromatic carbocycles. The quantitative estimate of drug-likeness (QED) is 0.699.